The number of imidazole rings is 1. The topological polar surface area (TPSA) is 69.8 Å². The Labute approximate surface area is 122 Å². The zero-order valence-electron chi connectivity index (χ0n) is 11.5. The quantitative estimate of drug-likeness (QED) is 0.793. The predicted octanol–water partition coefficient (Wildman–Crippen LogP) is 2.73. The van der Waals surface area contributed by atoms with Crippen molar-refractivity contribution in [3.63, 3.8) is 0 Å². The molecule has 20 heavy (non-hydrogen) atoms. The van der Waals surface area contributed by atoms with E-state index in [1.807, 2.05) is 19.9 Å². The molecule has 0 saturated carbocycles. The van der Waals surface area contributed by atoms with E-state index in [1.165, 1.54) is 0 Å². The van der Waals surface area contributed by atoms with Crippen molar-refractivity contribution < 1.29 is 4.79 Å². The summed E-state index contributed by atoms with van der Waals surface area (Å²) in [7, 11) is 0. The number of amides is 1. The molecule has 0 bridgehead atoms. The van der Waals surface area contributed by atoms with Crippen LogP contribution in [0.4, 0.5) is 5.69 Å². The number of carbonyl (C=O) groups excluding carboxylic acids is 1. The van der Waals surface area contributed by atoms with E-state index in [0.29, 0.717) is 17.1 Å². The Balaban J connectivity index is 2.16. The predicted molar refractivity (Wildman–Crippen MR) is 80.1 cm³/mol. The third-order valence-electron chi connectivity index (χ3n) is 2.98. The largest absolute Gasteiger partial charge is 0.385 e. The van der Waals surface area contributed by atoms with Crippen LogP contribution in [0, 0.1) is 6.92 Å². The van der Waals surface area contributed by atoms with Crippen molar-refractivity contribution in [3.8, 4) is 0 Å². The summed E-state index contributed by atoms with van der Waals surface area (Å²) < 4.78 is 0. The van der Waals surface area contributed by atoms with Gasteiger partial charge < -0.3 is 15.6 Å². The summed E-state index contributed by atoms with van der Waals surface area (Å²) in [5.74, 6) is -0.154. The molecule has 0 spiro atoms. The highest BCUT2D eigenvalue weighted by Crippen LogP contribution is 2.24. The lowest BCUT2D eigenvalue weighted by molar-refractivity contribution is 0.0950. The van der Waals surface area contributed by atoms with Gasteiger partial charge in [0.2, 0.25) is 0 Å². The molecule has 0 aliphatic heterocycles. The zero-order chi connectivity index (χ0) is 14.5. The van der Waals surface area contributed by atoms with Crippen LogP contribution >= 0.6 is 11.6 Å². The molecule has 1 amide bonds. The standard InChI is InChI=1S/C14H17ClN4O/c1-3-17-13-5-10(15)4-12(9(13)2)14(20)18-7-11-6-16-8-19-11/h4-6,8,17H,3,7H2,1-2H3,(H,16,19)(H,18,20). The van der Waals surface area contributed by atoms with Gasteiger partial charge in [-0.25, -0.2) is 4.98 Å². The van der Waals surface area contributed by atoms with Gasteiger partial charge in [-0.3, -0.25) is 4.79 Å². The first kappa shape index (κ1) is 14.4. The SMILES string of the molecule is CCNc1cc(Cl)cc(C(=O)NCc2cnc[nH]2)c1C. The molecule has 0 aliphatic rings. The second-order valence-electron chi connectivity index (χ2n) is 4.42. The van der Waals surface area contributed by atoms with Gasteiger partial charge in [0, 0.05) is 29.0 Å². The van der Waals surface area contributed by atoms with Crippen molar-refractivity contribution in [3.05, 3.63) is 46.5 Å². The average Bonchev–Trinajstić information content (AvgIpc) is 2.93. The van der Waals surface area contributed by atoms with E-state index in [9.17, 15) is 4.79 Å². The second-order valence-corrected chi connectivity index (χ2v) is 4.85. The van der Waals surface area contributed by atoms with Crippen LogP contribution in [0.15, 0.2) is 24.7 Å². The molecular formula is C14H17ClN4O. The van der Waals surface area contributed by atoms with Gasteiger partial charge in [0.15, 0.2) is 0 Å². The van der Waals surface area contributed by atoms with E-state index < -0.39 is 0 Å². The monoisotopic (exact) mass is 292 g/mol. The van der Waals surface area contributed by atoms with Gasteiger partial charge in [0.1, 0.15) is 0 Å². The summed E-state index contributed by atoms with van der Waals surface area (Å²) in [6, 6.07) is 3.51. The molecule has 2 rings (SSSR count). The maximum Gasteiger partial charge on any atom is 0.251 e. The number of halogens is 1. The van der Waals surface area contributed by atoms with Crippen molar-refractivity contribution in [2.24, 2.45) is 0 Å². The van der Waals surface area contributed by atoms with E-state index >= 15 is 0 Å². The number of nitrogens with zero attached hydrogens (tertiary/aromatic N) is 1. The molecular weight excluding hydrogens is 276 g/mol. The molecule has 3 N–H and O–H groups in total. The molecule has 0 saturated heterocycles. The van der Waals surface area contributed by atoms with Crippen molar-refractivity contribution >= 4 is 23.2 Å². The summed E-state index contributed by atoms with van der Waals surface area (Å²) in [5.41, 5.74) is 3.20. The number of H-pyrrole nitrogens is 1. The van der Waals surface area contributed by atoms with Crippen LogP contribution in [0.25, 0.3) is 0 Å². The van der Waals surface area contributed by atoms with Gasteiger partial charge in [0.05, 0.1) is 18.6 Å². The number of anilines is 1. The summed E-state index contributed by atoms with van der Waals surface area (Å²) in [6.07, 6.45) is 3.25. The molecule has 106 valence electrons. The maximum absolute atomic E-state index is 12.2. The Morgan fingerprint density at radius 2 is 2.25 bits per heavy atom. The van der Waals surface area contributed by atoms with E-state index in [4.69, 9.17) is 11.6 Å². The first-order valence-corrected chi connectivity index (χ1v) is 6.79. The Morgan fingerprint density at radius 1 is 1.45 bits per heavy atom. The Hall–Kier alpha value is -2.01. The number of hydrogen-bond acceptors (Lipinski definition) is 3. The normalized spacial score (nSPS) is 10.3. The number of benzene rings is 1. The molecule has 5 nitrogen and oxygen atoms in total. The minimum atomic E-state index is -0.154. The summed E-state index contributed by atoms with van der Waals surface area (Å²) >= 11 is 6.07. The van der Waals surface area contributed by atoms with Crippen molar-refractivity contribution in [2.75, 3.05) is 11.9 Å². The second kappa shape index (κ2) is 6.43. The van der Waals surface area contributed by atoms with Crippen molar-refractivity contribution in [2.45, 2.75) is 20.4 Å². The number of aromatic nitrogens is 2. The lowest BCUT2D eigenvalue weighted by Crippen LogP contribution is -2.24. The number of aromatic amines is 1. The third-order valence-corrected chi connectivity index (χ3v) is 3.20. The van der Waals surface area contributed by atoms with Crippen LogP contribution in [0.2, 0.25) is 5.02 Å². The Bertz CT molecular complexity index is 595. The molecule has 0 unspecified atom stereocenters. The number of hydrogen-bond donors (Lipinski definition) is 3. The van der Waals surface area contributed by atoms with Gasteiger partial charge >= 0.3 is 0 Å². The van der Waals surface area contributed by atoms with Crippen LogP contribution in [0.3, 0.4) is 0 Å². The number of carbonyl (C=O) groups is 1. The number of nitrogens with one attached hydrogen (secondary N) is 3. The van der Waals surface area contributed by atoms with Gasteiger partial charge in [0.25, 0.3) is 5.91 Å². The fraction of sp³-hybridized carbons (Fsp3) is 0.286. The fourth-order valence-corrected chi connectivity index (χ4v) is 2.16. The maximum atomic E-state index is 12.2. The zero-order valence-corrected chi connectivity index (χ0v) is 12.2. The third kappa shape index (κ3) is 3.30. The first-order valence-electron chi connectivity index (χ1n) is 6.41. The van der Waals surface area contributed by atoms with Crippen LogP contribution < -0.4 is 10.6 Å². The Morgan fingerprint density at radius 3 is 2.90 bits per heavy atom. The molecule has 1 aromatic heterocycles. The highest BCUT2D eigenvalue weighted by molar-refractivity contribution is 6.31. The van der Waals surface area contributed by atoms with E-state index in [0.717, 1.165) is 23.5 Å². The van der Waals surface area contributed by atoms with Crippen LogP contribution in [-0.2, 0) is 6.54 Å². The molecule has 0 radical (unpaired) electrons. The van der Waals surface area contributed by atoms with Gasteiger partial charge in [-0.2, -0.15) is 0 Å². The minimum absolute atomic E-state index is 0.154. The average molecular weight is 293 g/mol. The summed E-state index contributed by atoms with van der Waals surface area (Å²) in [5, 5.41) is 6.58. The molecule has 6 heteroatoms. The van der Waals surface area contributed by atoms with Gasteiger partial charge in [-0.05, 0) is 31.5 Å². The van der Waals surface area contributed by atoms with Gasteiger partial charge in [-0.1, -0.05) is 11.6 Å². The molecule has 1 aromatic carbocycles. The van der Waals surface area contributed by atoms with Crippen molar-refractivity contribution in [1.29, 1.82) is 0 Å². The highest BCUT2D eigenvalue weighted by atomic mass is 35.5. The van der Waals surface area contributed by atoms with E-state index in [-0.39, 0.29) is 5.91 Å². The van der Waals surface area contributed by atoms with Gasteiger partial charge in [-0.15, -0.1) is 0 Å². The summed E-state index contributed by atoms with van der Waals surface area (Å²) in [6.45, 7) is 5.08. The van der Waals surface area contributed by atoms with Crippen LogP contribution in [0.5, 0.6) is 0 Å². The van der Waals surface area contributed by atoms with E-state index in [1.54, 1.807) is 18.6 Å². The highest BCUT2D eigenvalue weighted by Gasteiger charge is 2.13. The molecule has 0 aliphatic carbocycles. The molecule has 0 fully saturated rings. The summed E-state index contributed by atoms with van der Waals surface area (Å²) in [4.78, 5) is 19.1. The molecule has 1 heterocycles. The first-order chi connectivity index (χ1) is 9.61. The molecule has 2 aromatic rings. The lowest BCUT2D eigenvalue weighted by Gasteiger charge is -2.13. The smallest absolute Gasteiger partial charge is 0.251 e. The molecule has 0 atom stereocenters. The fourth-order valence-electron chi connectivity index (χ4n) is 1.94. The number of rotatable bonds is 5. The van der Waals surface area contributed by atoms with E-state index in [2.05, 4.69) is 20.6 Å². The van der Waals surface area contributed by atoms with Crippen LogP contribution in [-0.4, -0.2) is 22.4 Å². The Kier molecular flexibility index (Phi) is 4.63. The lowest BCUT2D eigenvalue weighted by atomic mass is 10.1. The minimum Gasteiger partial charge on any atom is -0.385 e. The van der Waals surface area contributed by atoms with Crippen LogP contribution in [0.1, 0.15) is 28.5 Å². The van der Waals surface area contributed by atoms with Crippen molar-refractivity contribution in [1.82, 2.24) is 15.3 Å².